The zero-order valence-electron chi connectivity index (χ0n) is 12.9. The predicted octanol–water partition coefficient (Wildman–Crippen LogP) is 1.66. The molecule has 0 aliphatic carbocycles. The standard InChI is InChI=1S/C16H17N5O2/c1-9-7-10(2)18-16(17-9)21-20-14(22)8-12-11-5-3-4-6-13(11)19-15(12)23/h3-7,12H,8H2,1-2H3,(H,19,23)(H,20,22)(H,17,18,21)/t12-/m0/s1. The Labute approximate surface area is 133 Å². The second kappa shape index (κ2) is 6.04. The molecular formula is C16H17N5O2. The van der Waals surface area contributed by atoms with Crippen LogP contribution >= 0.6 is 0 Å². The second-order valence-electron chi connectivity index (χ2n) is 5.48. The fraction of sp³-hybridized carbons (Fsp3) is 0.250. The van der Waals surface area contributed by atoms with Gasteiger partial charge in [0.2, 0.25) is 17.8 Å². The maximum Gasteiger partial charge on any atom is 0.242 e. The number of aromatic nitrogens is 2. The largest absolute Gasteiger partial charge is 0.325 e. The van der Waals surface area contributed by atoms with Crippen molar-refractivity contribution in [3.05, 3.63) is 47.3 Å². The Morgan fingerprint density at radius 2 is 1.91 bits per heavy atom. The lowest BCUT2D eigenvalue weighted by Crippen LogP contribution is -2.32. The van der Waals surface area contributed by atoms with Crippen LogP contribution < -0.4 is 16.2 Å². The highest BCUT2D eigenvalue weighted by molar-refractivity contribution is 6.04. The number of hydrazine groups is 1. The quantitative estimate of drug-likeness (QED) is 0.746. The van der Waals surface area contributed by atoms with Crippen molar-refractivity contribution in [1.29, 1.82) is 0 Å². The summed E-state index contributed by atoms with van der Waals surface area (Å²) in [5.74, 6) is -0.617. The van der Waals surface area contributed by atoms with E-state index in [0.29, 0.717) is 5.95 Å². The van der Waals surface area contributed by atoms with E-state index in [1.54, 1.807) is 0 Å². The summed E-state index contributed by atoms with van der Waals surface area (Å²) in [7, 11) is 0. The van der Waals surface area contributed by atoms with Crippen molar-refractivity contribution in [1.82, 2.24) is 15.4 Å². The number of rotatable bonds is 4. The average Bonchev–Trinajstić information content (AvgIpc) is 2.80. The minimum Gasteiger partial charge on any atom is -0.325 e. The van der Waals surface area contributed by atoms with Gasteiger partial charge in [0.25, 0.3) is 0 Å². The lowest BCUT2D eigenvalue weighted by atomic mass is 9.97. The van der Waals surface area contributed by atoms with Crippen molar-refractivity contribution in [2.75, 3.05) is 10.7 Å². The lowest BCUT2D eigenvalue weighted by molar-refractivity contribution is -0.124. The van der Waals surface area contributed by atoms with Gasteiger partial charge in [-0.3, -0.25) is 20.4 Å². The first-order chi connectivity index (χ1) is 11.0. The van der Waals surface area contributed by atoms with Crippen LogP contribution in [0, 0.1) is 13.8 Å². The number of anilines is 2. The molecule has 7 nitrogen and oxygen atoms in total. The molecule has 0 saturated carbocycles. The van der Waals surface area contributed by atoms with Crippen LogP contribution in [0.1, 0.15) is 29.3 Å². The third-order valence-electron chi connectivity index (χ3n) is 3.60. The van der Waals surface area contributed by atoms with Crippen LogP contribution in [0.25, 0.3) is 0 Å². The van der Waals surface area contributed by atoms with E-state index in [2.05, 4.69) is 26.1 Å². The number of para-hydroxylation sites is 1. The number of hydrogen-bond donors (Lipinski definition) is 3. The number of aryl methyl sites for hydroxylation is 2. The smallest absolute Gasteiger partial charge is 0.242 e. The highest BCUT2D eigenvalue weighted by atomic mass is 16.2. The van der Waals surface area contributed by atoms with E-state index in [-0.39, 0.29) is 18.2 Å². The van der Waals surface area contributed by atoms with Gasteiger partial charge in [0.1, 0.15) is 0 Å². The summed E-state index contributed by atoms with van der Waals surface area (Å²) in [6.07, 6.45) is 0.0562. The van der Waals surface area contributed by atoms with Crippen LogP contribution in [0.15, 0.2) is 30.3 Å². The molecule has 7 heteroatoms. The Morgan fingerprint density at radius 3 is 2.65 bits per heavy atom. The van der Waals surface area contributed by atoms with Gasteiger partial charge in [-0.1, -0.05) is 18.2 Å². The van der Waals surface area contributed by atoms with Crippen LogP contribution in [0.2, 0.25) is 0 Å². The normalized spacial score (nSPS) is 15.7. The molecule has 2 amide bonds. The highest BCUT2D eigenvalue weighted by Gasteiger charge is 2.31. The van der Waals surface area contributed by atoms with Crippen LogP contribution in [0.4, 0.5) is 11.6 Å². The van der Waals surface area contributed by atoms with Gasteiger partial charge in [0.05, 0.1) is 5.92 Å². The first kappa shape index (κ1) is 15.0. The molecule has 1 aromatic heterocycles. The summed E-state index contributed by atoms with van der Waals surface area (Å²) >= 11 is 0. The van der Waals surface area contributed by atoms with E-state index in [1.807, 2.05) is 44.2 Å². The van der Waals surface area contributed by atoms with E-state index in [0.717, 1.165) is 22.6 Å². The molecule has 1 atom stereocenters. The molecule has 2 aromatic rings. The van der Waals surface area contributed by atoms with Gasteiger partial charge in [-0.15, -0.1) is 0 Å². The molecule has 3 N–H and O–H groups in total. The molecule has 0 bridgehead atoms. The Kier molecular flexibility index (Phi) is 3.92. The van der Waals surface area contributed by atoms with E-state index in [1.165, 1.54) is 0 Å². The SMILES string of the molecule is Cc1cc(C)nc(NNC(=O)C[C@@H]2C(=O)Nc3ccccc32)n1. The van der Waals surface area contributed by atoms with Crippen LogP contribution in [0.3, 0.4) is 0 Å². The summed E-state index contributed by atoms with van der Waals surface area (Å²) in [4.78, 5) is 32.4. The summed E-state index contributed by atoms with van der Waals surface area (Å²) in [5.41, 5.74) is 8.44. The van der Waals surface area contributed by atoms with Crippen LogP contribution in [-0.2, 0) is 9.59 Å². The first-order valence-corrected chi connectivity index (χ1v) is 7.30. The number of carbonyl (C=O) groups excluding carboxylic acids is 2. The van der Waals surface area contributed by atoms with E-state index >= 15 is 0 Å². The lowest BCUT2D eigenvalue weighted by Gasteiger charge is -2.11. The third-order valence-corrected chi connectivity index (χ3v) is 3.60. The van der Waals surface area contributed by atoms with E-state index < -0.39 is 5.92 Å². The molecule has 1 aliphatic heterocycles. The predicted molar refractivity (Wildman–Crippen MR) is 85.7 cm³/mol. The highest BCUT2D eigenvalue weighted by Crippen LogP contribution is 2.34. The number of amides is 2. The molecule has 0 fully saturated rings. The number of nitrogens with zero attached hydrogens (tertiary/aromatic N) is 2. The van der Waals surface area contributed by atoms with Gasteiger partial charge in [-0.2, -0.15) is 0 Å². The zero-order chi connectivity index (χ0) is 16.4. The molecule has 2 heterocycles. The third kappa shape index (κ3) is 3.28. The Morgan fingerprint density at radius 1 is 1.22 bits per heavy atom. The summed E-state index contributed by atoms with van der Waals surface area (Å²) < 4.78 is 0. The first-order valence-electron chi connectivity index (χ1n) is 7.30. The maximum atomic E-state index is 12.1. The summed E-state index contributed by atoms with van der Waals surface area (Å²) in [5, 5.41) is 2.78. The molecule has 23 heavy (non-hydrogen) atoms. The number of hydrogen-bond acceptors (Lipinski definition) is 5. The van der Waals surface area contributed by atoms with Crippen molar-refractivity contribution in [3.8, 4) is 0 Å². The number of carbonyl (C=O) groups is 2. The van der Waals surface area contributed by atoms with Crippen LogP contribution in [-0.4, -0.2) is 21.8 Å². The minimum absolute atomic E-state index is 0.0562. The van der Waals surface area contributed by atoms with Gasteiger partial charge in [-0.25, -0.2) is 9.97 Å². The van der Waals surface area contributed by atoms with Gasteiger partial charge in [0, 0.05) is 23.5 Å². The second-order valence-corrected chi connectivity index (χ2v) is 5.48. The van der Waals surface area contributed by atoms with Crippen molar-refractivity contribution >= 4 is 23.5 Å². The number of fused-ring (bicyclic) bond motifs is 1. The fourth-order valence-corrected chi connectivity index (χ4v) is 2.62. The molecule has 0 radical (unpaired) electrons. The molecule has 0 saturated heterocycles. The molecule has 0 spiro atoms. The Balaban J connectivity index is 1.63. The van der Waals surface area contributed by atoms with Gasteiger partial charge in [-0.05, 0) is 31.5 Å². The molecule has 1 aliphatic rings. The van der Waals surface area contributed by atoms with E-state index in [4.69, 9.17) is 0 Å². The summed E-state index contributed by atoms with van der Waals surface area (Å²) in [6, 6.07) is 9.22. The molecule has 3 rings (SSSR count). The summed E-state index contributed by atoms with van der Waals surface area (Å²) in [6.45, 7) is 3.70. The topological polar surface area (TPSA) is 96.0 Å². The zero-order valence-corrected chi connectivity index (χ0v) is 12.9. The van der Waals surface area contributed by atoms with Gasteiger partial charge < -0.3 is 5.32 Å². The van der Waals surface area contributed by atoms with Gasteiger partial charge in [0.15, 0.2) is 0 Å². The number of benzene rings is 1. The minimum atomic E-state index is -0.479. The van der Waals surface area contributed by atoms with E-state index in [9.17, 15) is 9.59 Å². The molecular weight excluding hydrogens is 294 g/mol. The molecule has 1 aromatic carbocycles. The number of nitrogens with one attached hydrogen (secondary N) is 3. The van der Waals surface area contributed by atoms with Crippen molar-refractivity contribution in [3.63, 3.8) is 0 Å². The molecule has 0 unspecified atom stereocenters. The average molecular weight is 311 g/mol. The Bertz CT molecular complexity index is 755. The Hall–Kier alpha value is -2.96. The van der Waals surface area contributed by atoms with Crippen LogP contribution in [0.5, 0.6) is 0 Å². The van der Waals surface area contributed by atoms with Crippen molar-refractivity contribution in [2.24, 2.45) is 0 Å². The van der Waals surface area contributed by atoms with Crippen molar-refractivity contribution < 1.29 is 9.59 Å². The fourth-order valence-electron chi connectivity index (χ4n) is 2.62. The molecule has 118 valence electrons. The van der Waals surface area contributed by atoms with Crippen molar-refractivity contribution in [2.45, 2.75) is 26.2 Å². The van der Waals surface area contributed by atoms with Gasteiger partial charge >= 0.3 is 0 Å². The monoisotopic (exact) mass is 311 g/mol. The maximum absolute atomic E-state index is 12.1.